The van der Waals surface area contributed by atoms with Crippen LogP contribution in [-0.2, 0) is 0 Å². The summed E-state index contributed by atoms with van der Waals surface area (Å²) in [6.45, 7) is 2.05. The first-order chi connectivity index (χ1) is 15.2. The molecular formula is C25H19N3O2S. The number of aromatic nitrogens is 2. The molecule has 31 heavy (non-hydrogen) atoms. The molecule has 1 amide bonds. The molecule has 5 nitrogen and oxygen atoms in total. The van der Waals surface area contributed by atoms with Crippen LogP contribution in [0.15, 0.2) is 81.0 Å². The lowest BCUT2D eigenvalue weighted by Gasteiger charge is -2.22. The summed E-state index contributed by atoms with van der Waals surface area (Å²) in [6, 6.07) is 22.2. The summed E-state index contributed by atoms with van der Waals surface area (Å²) < 4.78 is 5.52. The molecule has 0 atom stereocenters. The number of rotatable bonds is 3. The van der Waals surface area contributed by atoms with Gasteiger partial charge in [-0.15, -0.1) is 0 Å². The van der Waals surface area contributed by atoms with Crippen molar-refractivity contribution in [3.05, 3.63) is 77.9 Å². The monoisotopic (exact) mass is 425 g/mol. The van der Waals surface area contributed by atoms with Gasteiger partial charge in [-0.25, -0.2) is 0 Å². The molecule has 2 aliphatic rings. The lowest BCUT2D eigenvalue weighted by molar-refractivity contribution is 0.0982. The molecule has 0 N–H and O–H groups in total. The van der Waals surface area contributed by atoms with E-state index in [9.17, 15) is 4.79 Å². The molecule has 0 bridgehead atoms. The van der Waals surface area contributed by atoms with Gasteiger partial charge in [-0.05, 0) is 62.2 Å². The molecule has 0 spiro atoms. The van der Waals surface area contributed by atoms with Crippen LogP contribution in [0, 0.1) is 6.92 Å². The van der Waals surface area contributed by atoms with Crippen LogP contribution < -0.4 is 4.90 Å². The Kier molecular flexibility index (Phi) is 4.21. The van der Waals surface area contributed by atoms with Gasteiger partial charge in [0.2, 0.25) is 5.82 Å². The fraction of sp³-hybridized carbons (Fsp3) is 0.160. The quantitative estimate of drug-likeness (QED) is 0.404. The minimum Gasteiger partial charge on any atom is -0.334 e. The number of anilines is 1. The maximum absolute atomic E-state index is 13.3. The Morgan fingerprint density at radius 2 is 1.74 bits per heavy atom. The highest BCUT2D eigenvalue weighted by atomic mass is 32.2. The van der Waals surface area contributed by atoms with E-state index in [4.69, 9.17) is 4.52 Å². The number of amides is 1. The summed E-state index contributed by atoms with van der Waals surface area (Å²) in [5.74, 6) is 1.12. The van der Waals surface area contributed by atoms with Crippen molar-refractivity contribution in [1.29, 1.82) is 0 Å². The molecule has 3 aromatic carbocycles. The average Bonchev–Trinajstić information content (AvgIpc) is 3.52. The maximum Gasteiger partial charge on any atom is 0.259 e. The first kappa shape index (κ1) is 18.4. The minimum absolute atomic E-state index is 0.0818. The highest BCUT2D eigenvalue weighted by Crippen LogP contribution is 2.46. The van der Waals surface area contributed by atoms with Gasteiger partial charge in [-0.2, -0.15) is 4.98 Å². The summed E-state index contributed by atoms with van der Waals surface area (Å²) in [4.78, 5) is 21.9. The molecule has 0 unspecified atom stereocenters. The van der Waals surface area contributed by atoms with E-state index in [1.807, 2.05) is 72.5 Å². The van der Waals surface area contributed by atoms with Gasteiger partial charge in [0, 0.05) is 27.0 Å². The zero-order valence-electron chi connectivity index (χ0n) is 16.9. The van der Waals surface area contributed by atoms with E-state index in [0.29, 0.717) is 11.7 Å². The van der Waals surface area contributed by atoms with Crippen molar-refractivity contribution >= 4 is 23.4 Å². The number of hydrogen-bond acceptors (Lipinski definition) is 5. The second-order valence-corrected chi connectivity index (χ2v) is 9.06. The number of fused-ring (bicyclic) bond motifs is 2. The molecule has 1 saturated carbocycles. The van der Waals surface area contributed by atoms with Crippen LogP contribution in [0.3, 0.4) is 0 Å². The topological polar surface area (TPSA) is 59.2 Å². The van der Waals surface area contributed by atoms with Crippen LogP contribution in [-0.4, -0.2) is 22.1 Å². The van der Waals surface area contributed by atoms with Crippen molar-refractivity contribution in [3.8, 4) is 22.8 Å². The third kappa shape index (κ3) is 3.24. The molecule has 6 rings (SSSR count). The van der Waals surface area contributed by atoms with E-state index in [1.54, 1.807) is 11.8 Å². The van der Waals surface area contributed by atoms with E-state index in [0.717, 1.165) is 45.0 Å². The van der Waals surface area contributed by atoms with Gasteiger partial charge in [0.05, 0.1) is 11.3 Å². The Balaban J connectivity index is 1.42. The van der Waals surface area contributed by atoms with Crippen molar-refractivity contribution in [2.24, 2.45) is 0 Å². The number of carbonyl (C=O) groups is 1. The first-order valence-electron chi connectivity index (χ1n) is 10.3. The molecule has 2 heterocycles. The molecule has 1 fully saturated rings. The van der Waals surface area contributed by atoms with E-state index < -0.39 is 0 Å². The smallest absolute Gasteiger partial charge is 0.259 e. The van der Waals surface area contributed by atoms with Crippen LogP contribution in [0.25, 0.3) is 22.8 Å². The highest BCUT2D eigenvalue weighted by molar-refractivity contribution is 7.99. The number of benzene rings is 3. The summed E-state index contributed by atoms with van der Waals surface area (Å²) in [7, 11) is 0. The van der Waals surface area contributed by atoms with Crippen molar-refractivity contribution in [3.63, 3.8) is 0 Å². The van der Waals surface area contributed by atoms with E-state index in [1.165, 1.54) is 5.56 Å². The lowest BCUT2D eigenvalue weighted by Crippen LogP contribution is -2.32. The largest absolute Gasteiger partial charge is 0.334 e. The Labute approximate surface area is 184 Å². The van der Waals surface area contributed by atoms with E-state index in [2.05, 4.69) is 16.2 Å². The van der Waals surface area contributed by atoms with Gasteiger partial charge in [0.25, 0.3) is 11.8 Å². The molecule has 6 heteroatoms. The molecule has 1 aliphatic heterocycles. The predicted octanol–water partition coefficient (Wildman–Crippen LogP) is 5.99. The van der Waals surface area contributed by atoms with Crippen LogP contribution in [0.1, 0.15) is 28.8 Å². The zero-order valence-corrected chi connectivity index (χ0v) is 17.7. The van der Waals surface area contributed by atoms with E-state index >= 15 is 0 Å². The number of hydrogen-bond donors (Lipinski definition) is 0. The number of carbonyl (C=O) groups excluding carboxylic acids is 1. The summed E-state index contributed by atoms with van der Waals surface area (Å²) in [5, 5.41) is 4.21. The first-order valence-corrected chi connectivity index (χ1v) is 11.1. The van der Waals surface area contributed by atoms with Crippen molar-refractivity contribution in [1.82, 2.24) is 10.1 Å². The molecule has 0 saturated heterocycles. The van der Waals surface area contributed by atoms with Gasteiger partial charge in [-0.1, -0.05) is 46.7 Å². The second-order valence-electron chi connectivity index (χ2n) is 7.98. The number of nitrogens with zero attached hydrogens (tertiary/aromatic N) is 3. The van der Waals surface area contributed by atoms with Crippen molar-refractivity contribution < 1.29 is 9.32 Å². The molecule has 0 radical (unpaired) electrons. The van der Waals surface area contributed by atoms with Crippen LogP contribution in [0.2, 0.25) is 0 Å². The maximum atomic E-state index is 13.3. The van der Waals surface area contributed by atoms with Gasteiger partial charge >= 0.3 is 0 Å². The van der Waals surface area contributed by atoms with E-state index in [-0.39, 0.29) is 11.9 Å². The molecule has 1 aliphatic carbocycles. The minimum atomic E-state index is 0.0818. The molecular weight excluding hydrogens is 406 g/mol. The Hall–Kier alpha value is -3.38. The Bertz CT molecular complexity index is 1310. The van der Waals surface area contributed by atoms with Crippen LogP contribution in [0.4, 0.5) is 5.69 Å². The van der Waals surface area contributed by atoms with Gasteiger partial charge in [-0.3, -0.25) is 4.79 Å². The third-order valence-corrected chi connectivity index (χ3v) is 6.79. The summed E-state index contributed by atoms with van der Waals surface area (Å²) in [5.41, 5.74) is 4.67. The fourth-order valence-corrected chi connectivity index (χ4v) is 4.98. The lowest BCUT2D eigenvalue weighted by atomic mass is 10.1. The summed E-state index contributed by atoms with van der Waals surface area (Å²) >= 11 is 1.62. The molecule has 1 aromatic heterocycles. The van der Waals surface area contributed by atoms with Crippen LogP contribution in [0.5, 0.6) is 0 Å². The van der Waals surface area contributed by atoms with Gasteiger partial charge in [0.1, 0.15) is 0 Å². The second kappa shape index (κ2) is 7.10. The van der Waals surface area contributed by atoms with Gasteiger partial charge < -0.3 is 9.42 Å². The average molecular weight is 426 g/mol. The molecule has 152 valence electrons. The summed E-state index contributed by atoms with van der Waals surface area (Å²) in [6.07, 6.45) is 2.09. The SMILES string of the molecule is Cc1ccc(-c2nc(-c3ccc4c(c3)Sc3ccccc3C(=O)N4C3CC3)no2)cc1. The normalized spacial score (nSPS) is 15.4. The van der Waals surface area contributed by atoms with Gasteiger partial charge in [0.15, 0.2) is 0 Å². The van der Waals surface area contributed by atoms with Crippen molar-refractivity contribution in [2.45, 2.75) is 35.6 Å². The standard InChI is InChI=1S/C25H19N3O2S/c1-15-6-8-16(9-7-15)24-26-23(27-30-24)17-10-13-20-22(14-17)31-21-5-3-2-4-19(21)25(29)28(20)18-11-12-18/h2-10,13-14,18H,11-12H2,1H3. The van der Waals surface area contributed by atoms with Crippen LogP contribution >= 0.6 is 11.8 Å². The Morgan fingerprint density at radius 3 is 2.55 bits per heavy atom. The van der Waals surface area contributed by atoms with Crippen molar-refractivity contribution in [2.75, 3.05) is 4.90 Å². The third-order valence-electron chi connectivity index (χ3n) is 5.67. The molecule has 4 aromatic rings. The zero-order chi connectivity index (χ0) is 20.9. The highest BCUT2D eigenvalue weighted by Gasteiger charge is 2.38. The Morgan fingerprint density at radius 1 is 0.968 bits per heavy atom. The predicted molar refractivity (Wildman–Crippen MR) is 120 cm³/mol. The fourth-order valence-electron chi connectivity index (χ4n) is 3.87. The number of aryl methyl sites for hydroxylation is 1.